The number of halogens is 1. The maximum Gasteiger partial charge on any atom is 0.269 e. The predicted octanol–water partition coefficient (Wildman–Crippen LogP) is 2.96. The van der Waals surface area contributed by atoms with Gasteiger partial charge >= 0.3 is 0 Å². The first-order valence-corrected chi connectivity index (χ1v) is 7.20. The van der Waals surface area contributed by atoms with Gasteiger partial charge in [0.25, 0.3) is 5.91 Å². The van der Waals surface area contributed by atoms with Gasteiger partial charge in [-0.2, -0.15) is 0 Å². The van der Waals surface area contributed by atoms with Gasteiger partial charge in [-0.05, 0) is 23.6 Å². The van der Waals surface area contributed by atoms with E-state index in [9.17, 15) is 9.59 Å². The number of Topliss-reactive ketones (excluding diaryl/α,β-unsaturated/α-hetero) is 1. The molecule has 20 heavy (non-hydrogen) atoms. The average Bonchev–Trinajstić information content (AvgIpc) is 2.33. The van der Waals surface area contributed by atoms with Crippen LogP contribution in [0.4, 0.5) is 0 Å². The van der Waals surface area contributed by atoms with Crippen LogP contribution in [0.25, 0.3) is 0 Å². The minimum Gasteiger partial charge on any atom is -0.302 e. The van der Waals surface area contributed by atoms with Crippen molar-refractivity contribution < 1.29 is 9.59 Å². The molecule has 0 saturated carbocycles. The molecule has 0 unspecified atom stereocenters. The van der Waals surface area contributed by atoms with E-state index in [-0.39, 0.29) is 17.1 Å². The van der Waals surface area contributed by atoms with Crippen LogP contribution in [0, 0.1) is 5.41 Å². The summed E-state index contributed by atoms with van der Waals surface area (Å²) in [4.78, 5) is 23.6. The van der Waals surface area contributed by atoms with Crippen LogP contribution in [0.3, 0.4) is 0 Å². The van der Waals surface area contributed by atoms with Crippen LogP contribution >= 0.6 is 15.9 Å². The molecule has 0 radical (unpaired) electrons. The quantitative estimate of drug-likeness (QED) is 0.834. The number of rotatable bonds is 3. The van der Waals surface area contributed by atoms with Crippen LogP contribution in [0.1, 0.15) is 37.0 Å². The summed E-state index contributed by atoms with van der Waals surface area (Å²) in [5.41, 5.74) is 6.60. The molecule has 0 spiro atoms. The van der Waals surface area contributed by atoms with Crippen molar-refractivity contribution in [3.8, 4) is 0 Å². The van der Waals surface area contributed by atoms with Crippen molar-refractivity contribution in [2.45, 2.75) is 26.7 Å². The van der Waals surface area contributed by atoms with Gasteiger partial charge in [0, 0.05) is 28.6 Å². The SMILES string of the molecule is CC1(C)C=C(NNC(=O)c2cccc(Br)c2)CC(=O)C1. The fraction of sp³-hybridized carbons (Fsp3) is 0.333. The number of hydrogen-bond donors (Lipinski definition) is 2. The van der Waals surface area contributed by atoms with Gasteiger partial charge in [0.1, 0.15) is 5.78 Å². The molecule has 0 bridgehead atoms. The monoisotopic (exact) mass is 336 g/mol. The molecule has 2 N–H and O–H groups in total. The third-order valence-electron chi connectivity index (χ3n) is 3.03. The fourth-order valence-corrected chi connectivity index (χ4v) is 2.68. The Kier molecular flexibility index (Phi) is 4.28. The summed E-state index contributed by atoms with van der Waals surface area (Å²) >= 11 is 3.32. The van der Waals surface area contributed by atoms with Crippen LogP contribution < -0.4 is 10.9 Å². The summed E-state index contributed by atoms with van der Waals surface area (Å²) in [7, 11) is 0. The zero-order valence-corrected chi connectivity index (χ0v) is 13.1. The van der Waals surface area contributed by atoms with Crippen LogP contribution in [-0.2, 0) is 4.79 Å². The van der Waals surface area contributed by atoms with Gasteiger partial charge in [-0.25, -0.2) is 0 Å². The predicted molar refractivity (Wildman–Crippen MR) is 80.8 cm³/mol. The number of benzene rings is 1. The highest BCUT2D eigenvalue weighted by Gasteiger charge is 2.26. The molecule has 0 heterocycles. The number of hydrazine groups is 1. The summed E-state index contributed by atoms with van der Waals surface area (Å²) in [6, 6.07) is 7.12. The number of carbonyl (C=O) groups is 2. The standard InChI is InChI=1S/C15H17BrN2O2/c1-15(2)8-12(7-13(19)9-15)17-18-14(20)10-4-3-5-11(16)6-10/h3-6,8,17H,7,9H2,1-2H3,(H,18,20). The van der Waals surface area contributed by atoms with Crippen molar-refractivity contribution in [2.24, 2.45) is 5.41 Å². The first kappa shape index (κ1) is 14.8. The smallest absolute Gasteiger partial charge is 0.269 e. The van der Waals surface area contributed by atoms with E-state index in [1.54, 1.807) is 18.2 Å². The summed E-state index contributed by atoms with van der Waals surface area (Å²) in [5, 5.41) is 0. The largest absolute Gasteiger partial charge is 0.302 e. The molecular formula is C15H17BrN2O2. The number of nitrogens with one attached hydrogen (secondary N) is 2. The molecule has 1 amide bonds. The van der Waals surface area contributed by atoms with Crippen LogP contribution in [-0.4, -0.2) is 11.7 Å². The van der Waals surface area contributed by atoms with E-state index in [1.165, 1.54) is 0 Å². The van der Waals surface area contributed by atoms with Crippen LogP contribution in [0.2, 0.25) is 0 Å². The minimum absolute atomic E-state index is 0.168. The van der Waals surface area contributed by atoms with Crippen LogP contribution in [0.15, 0.2) is 40.5 Å². The Morgan fingerprint density at radius 2 is 2.10 bits per heavy atom. The Balaban J connectivity index is 2.00. The summed E-state index contributed by atoms with van der Waals surface area (Å²) in [5.74, 6) is -0.0558. The molecule has 0 aromatic heterocycles. The van der Waals surface area contributed by atoms with E-state index in [0.717, 1.165) is 10.2 Å². The summed E-state index contributed by atoms with van der Waals surface area (Å²) in [6.45, 7) is 4.00. The fourth-order valence-electron chi connectivity index (χ4n) is 2.28. The van der Waals surface area contributed by atoms with Crippen molar-refractivity contribution >= 4 is 27.6 Å². The topological polar surface area (TPSA) is 58.2 Å². The third-order valence-corrected chi connectivity index (χ3v) is 3.52. The van der Waals surface area contributed by atoms with Gasteiger partial charge in [-0.3, -0.25) is 15.0 Å². The number of amides is 1. The van der Waals surface area contributed by atoms with Crippen molar-refractivity contribution in [1.29, 1.82) is 0 Å². The number of ketones is 1. The van der Waals surface area contributed by atoms with Crippen molar-refractivity contribution in [3.05, 3.63) is 46.1 Å². The molecule has 1 aliphatic carbocycles. The second kappa shape index (κ2) is 5.79. The molecule has 1 aromatic rings. The maximum absolute atomic E-state index is 12.0. The zero-order valence-electron chi connectivity index (χ0n) is 11.5. The van der Waals surface area contributed by atoms with E-state index in [2.05, 4.69) is 26.8 Å². The highest BCUT2D eigenvalue weighted by Crippen LogP contribution is 2.29. The Morgan fingerprint density at radius 1 is 1.35 bits per heavy atom. The number of hydrogen-bond acceptors (Lipinski definition) is 3. The van der Waals surface area contributed by atoms with Gasteiger partial charge in [0.05, 0.1) is 0 Å². The molecule has 0 aliphatic heterocycles. The lowest BCUT2D eigenvalue weighted by Gasteiger charge is -2.27. The van der Waals surface area contributed by atoms with E-state index in [1.807, 2.05) is 26.0 Å². The molecule has 0 fully saturated rings. The molecule has 5 heteroatoms. The molecule has 0 saturated heterocycles. The maximum atomic E-state index is 12.0. The van der Waals surface area contributed by atoms with Gasteiger partial charge in [-0.1, -0.05) is 41.9 Å². The first-order valence-electron chi connectivity index (χ1n) is 6.41. The average molecular weight is 337 g/mol. The molecule has 106 valence electrons. The summed E-state index contributed by atoms with van der Waals surface area (Å²) in [6.07, 6.45) is 2.87. The van der Waals surface area contributed by atoms with Gasteiger partial charge in [0.15, 0.2) is 0 Å². The lowest BCUT2D eigenvalue weighted by Crippen LogP contribution is -2.39. The van der Waals surface area contributed by atoms with E-state index in [4.69, 9.17) is 0 Å². The lowest BCUT2D eigenvalue weighted by atomic mass is 9.81. The van der Waals surface area contributed by atoms with E-state index < -0.39 is 0 Å². The number of carbonyl (C=O) groups excluding carboxylic acids is 2. The molecule has 4 nitrogen and oxygen atoms in total. The number of allylic oxidation sites excluding steroid dienone is 2. The van der Waals surface area contributed by atoms with E-state index in [0.29, 0.717) is 18.4 Å². The van der Waals surface area contributed by atoms with E-state index >= 15 is 0 Å². The van der Waals surface area contributed by atoms with Crippen molar-refractivity contribution in [3.63, 3.8) is 0 Å². The highest BCUT2D eigenvalue weighted by molar-refractivity contribution is 9.10. The Hall–Kier alpha value is -1.62. The van der Waals surface area contributed by atoms with Crippen molar-refractivity contribution in [1.82, 2.24) is 10.9 Å². The second-order valence-corrected chi connectivity index (χ2v) is 6.56. The molecule has 2 rings (SSSR count). The Bertz CT molecular complexity index is 579. The molecule has 1 aliphatic rings. The minimum atomic E-state index is -0.233. The Labute approximate surface area is 126 Å². The molecular weight excluding hydrogens is 320 g/mol. The highest BCUT2D eigenvalue weighted by atomic mass is 79.9. The summed E-state index contributed by atoms with van der Waals surface area (Å²) < 4.78 is 0.846. The Morgan fingerprint density at radius 3 is 2.75 bits per heavy atom. The van der Waals surface area contributed by atoms with Gasteiger partial charge in [0.2, 0.25) is 0 Å². The molecule has 1 aromatic carbocycles. The van der Waals surface area contributed by atoms with Crippen LogP contribution in [0.5, 0.6) is 0 Å². The normalized spacial score (nSPS) is 17.4. The zero-order chi connectivity index (χ0) is 14.8. The van der Waals surface area contributed by atoms with Crippen molar-refractivity contribution in [2.75, 3.05) is 0 Å². The lowest BCUT2D eigenvalue weighted by molar-refractivity contribution is -0.120. The van der Waals surface area contributed by atoms with Gasteiger partial charge < -0.3 is 5.43 Å². The molecule has 0 atom stereocenters. The third kappa shape index (κ3) is 3.93. The van der Waals surface area contributed by atoms with Gasteiger partial charge in [-0.15, -0.1) is 0 Å². The first-order chi connectivity index (χ1) is 9.35. The second-order valence-electron chi connectivity index (χ2n) is 5.64.